The summed E-state index contributed by atoms with van der Waals surface area (Å²) in [6, 6.07) is 12.0. The van der Waals surface area contributed by atoms with E-state index in [-0.39, 0.29) is 182 Å². The molecular weight excluding hydrogens is 749 g/mol. The van der Waals surface area contributed by atoms with Crippen LogP contribution in [0.2, 0.25) is 0 Å². The number of nitrogens with zero attached hydrogens (tertiary/aromatic N) is 2. The smallest absolute Gasteiger partial charge is 0.0859 e. The molecule has 10 heteroatoms. The maximum absolute atomic E-state index is 10.5. The predicted molar refractivity (Wildman–Crippen MR) is 95.2 cm³/mol. The first-order valence-electron chi connectivity index (χ1n) is 6.69. The van der Waals surface area contributed by atoms with Gasteiger partial charge in [-0.3, -0.25) is 0 Å². The van der Waals surface area contributed by atoms with E-state index in [9.17, 15) is 14.7 Å². The van der Waals surface area contributed by atoms with Crippen LogP contribution in [0.1, 0.15) is 18.1 Å². The monoisotopic (exact) mass is 768 g/mol. The number of carbonyl (C=O) groups excluding carboxylic acids is 2. The molecule has 5 nitrogen and oxygen atoms in total. The Balaban J connectivity index is -0.000000109. The van der Waals surface area contributed by atoms with Crippen LogP contribution in [0.15, 0.2) is 64.8 Å². The zero-order chi connectivity index (χ0) is 17.2. The van der Waals surface area contributed by atoms with E-state index in [2.05, 4.69) is 16.8 Å². The van der Waals surface area contributed by atoms with Crippen molar-refractivity contribution in [2.45, 2.75) is 13.8 Å². The van der Waals surface area contributed by atoms with Crippen LogP contribution in [0, 0.1) is 14.4 Å². The molecule has 0 aromatic heterocycles. The zero-order valence-corrected chi connectivity index (χ0v) is 31.0. The van der Waals surface area contributed by atoms with Crippen molar-refractivity contribution in [3.05, 3.63) is 73.2 Å². The van der Waals surface area contributed by atoms with Crippen LogP contribution in [0.5, 0.6) is 5.75 Å². The second-order valence-corrected chi connectivity index (χ2v) is 4.72. The van der Waals surface area contributed by atoms with E-state index < -0.39 is 0 Å². The molecule has 0 heterocycles. The minimum absolute atomic E-state index is 0. The van der Waals surface area contributed by atoms with E-state index in [4.69, 9.17) is 0 Å². The Kier molecular flexibility index (Phi) is 41.4. The summed E-state index contributed by atoms with van der Waals surface area (Å²) in [6.45, 7) is 6.83. The van der Waals surface area contributed by atoms with Crippen LogP contribution in [0.3, 0.4) is 0 Å². The predicted octanol–water partition coefficient (Wildman–Crippen LogP) is 4.68. The van der Waals surface area contributed by atoms with Crippen molar-refractivity contribution in [3.63, 3.8) is 0 Å². The van der Waals surface area contributed by atoms with Crippen LogP contribution in [-0.4, -0.2) is 17.7 Å². The fourth-order valence-electron chi connectivity index (χ4n) is 1.47. The van der Waals surface area contributed by atoms with Gasteiger partial charge in [0.05, 0.1) is 12.0 Å². The molecule has 0 spiro atoms. The van der Waals surface area contributed by atoms with E-state index >= 15 is 0 Å². The quantitative estimate of drug-likeness (QED) is 0.279. The standard InChI is InChI=1S/C14H11N2O2.C4H5O.CH3.5Y/c1-10-3-2-4-12(7-10)15-16-13-5-6-14(18)11(8-13)9-17;1-4(2)3-5;;;;;;/h2-8,18H,1H3;1H2,2H3;1H3;;;;;/q3*-1;;;;;. The third-order valence-corrected chi connectivity index (χ3v) is 2.55. The van der Waals surface area contributed by atoms with Gasteiger partial charge in [0.1, 0.15) is 0 Å². The van der Waals surface area contributed by atoms with Gasteiger partial charge in [-0.05, 0) is 30.9 Å². The Bertz CT molecular complexity index is 756. The Morgan fingerprint density at radius 1 is 0.931 bits per heavy atom. The molecule has 29 heavy (non-hydrogen) atoms. The molecule has 2 aromatic rings. The summed E-state index contributed by atoms with van der Waals surface area (Å²) in [6.07, 6.45) is 3.22. The number of aryl methyl sites for hydroxylation is 1. The molecule has 0 saturated carbocycles. The molecule has 0 aliphatic heterocycles. The fraction of sp³-hybridized carbons (Fsp3) is 0.105. The number of hydrogen-bond acceptors (Lipinski definition) is 5. The molecule has 0 unspecified atom stereocenters. The van der Waals surface area contributed by atoms with Gasteiger partial charge in [0.15, 0.2) is 0 Å². The molecule has 2 rings (SSSR count). The van der Waals surface area contributed by atoms with Crippen molar-refractivity contribution in [2.24, 2.45) is 10.2 Å². The molecule has 5 radical (unpaired) electrons. The first-order chi connectivity index (χ1) is 11.0. The molecule has 2 aromatic carbocycles. The molecule has 0 aliphatic carbocycles. The van der Waals surface area contributed by atoms with E-state index in [1.165, 1.54) is 12.1 Å². The van der Waals surface area contributed by atoms with Crippen LogP contribution < -0.4 is 0 Å². The van der Waals surface area contributed by atoms with Gasteiger partial charge in [-0.15, -0.1) is 11.6 Å². The summed E-state index contributed by atoms with van der Waals surface area (Å²) >= 11 is 0. The molecule has 0 atom stereocenters. The number of hydrogen-bond donors (Lipinski definition) is 1. The van der Waals surface area contributed by atoms with Gasteiger partial charge in [0.25, 0.3) is 0 Å². The van der Waals surface area contributed by atoms with Gasteiger partial charge >= 0.3 is 0 Å². The third kappa shape index (κ3) is 20.8. The maximum Gasteiger partial charge on any atom is 0.0859 e. The third-order valence-electron chi connectivity index (χ3n) is 2.55. The Morgan fingerprint density at radius 2 is 1.41 bits per heavy atom. The number of allylic oxidation sites excluding steroid dienone is 1. The first kappa shape index (κ1) is 45.0. The van der Waals surface area contributed by atoms with Crippen LogP contribution in [-0.2, 0) is 173 Å². The molecule has 0 amide bonds. The van der Waals surface area contributed by atoms with E-state index in [1.807, 2.05) is 31.2 Å². The van der Waals surface area contributed by atoms with Gasteiger partial charge < -0.3 is 22.1 Å². The SMILES string of the molecule is C=C(C)[C-]=O.Cc1cccc(N=Nc2ccc(O)c([C-]=O)c2)c1.[CH3-].[Y].[Y].[Y].[Y].[Y]. The number of azo groups is 1. The molecule has 0 bridgehead atoms. The van der Waals surface area contributed by atoms with Gasteiger partial charge in [0, 0.05) is 175 Å². The van der Waals surface area contributed by atoms with Gasteiger partial charge in [-0.25, -0.2) is 6.58 Å². The fourth-order valence-corrected chi connectivity index (χ4v) is 1.47. The largest absolute Gasteiger partial charge is 0.565 e. The van der Waals surface area contributed by atoms with Crippen LogP contribution in [0.4, 0.5) is 11.4 Å². The summed E-state index contributed by atoms with van der Waals surface area (Å²) in [5, 5.41) is 17.4. The second kappa shape index (κ2) is 26.7. The number of aromatic hydroxyl groups is 1. The summed E-state index contributed by atoms with van der Waals surface area (Å²) in [7, 11) is 0. The van der Waals surface area contributed by atoms with Gasteiger partial charge in [0.2, 0.25) is 0 Å². The van der Waals surface area contributed by atoms with Crippen molar-refractivity contribution in [1.29, 1.82) is 0 Å². The van der Waals surface area contributed by atoms with Crippen molar-refractivity contribution in [1.82, 2.24) is 0 Å². The average molecular weight is 768 g/mol. The number of benzene rings is 2. The molecule has 1 N–H and O–H groups in total. The van der Waals surface area contributed by atoms with E-state index in [0.717, 1.165) is 11.3 Å². The summed E-state index contributed by atoms with van der Waals surface area (Å²) in [5.41, 5.74) is 2.85. The molecule has 0 fully saturated rings. The van der Waals surface area contributed by atoms with Crippen molar-refractivity contribution in [3.8, 4) is 5.75 Å². The Labute approximate surface area is 299 Å². The van der Waals surface area contributed by atoms with Crippen LogP contribution in [0.25, 0.3) is 0 Å². The summed E-state index contributed by atoms with van der Waals surface area (Å²) < 4.78 is 0. The van der Waals surface area contributed by atoms with Crippen molar-refractivity contribution in [2.75, 3.05) is 0 Å². The van der Waals surface area contributed by atoms with Gasteiger partial charge in [-0.1, -0.05) is 31.2 Å². The number of rotatable bonds is 4. The maximum atomic E-state index is 10.5. The minimum Gasteiger partial charge on any atom is -0.565 e. The van der Waals surface area contributed by atoms with Crippen LogP contribution >= 0.6 is 0 Å². The summed E-state index contributed by atoms with van der Waals surface area (Å²) in [4.78, 5) is 19.8. The average Bonchev–Trinajstić information content (AvgIpc) is 2.54. The molecular formula is C19H19N2O3Y5-3. The van der Waals surface area contributed by atoms with E-state index in [0.29, 0.717) is 11.3 Å². The zero-order valence-electron chi connectivity index (χ0n) is 16.8. The van der Waals surface area contributed by atoms with Crippen molar-refractivity contribution >= 4 is 23.9 Å². The number of phenolic OH excluding ortho intramolecular Hbond substituents is 1. The molecule has 0 saturated heterocycles. The van der Waals surface area contributed by atoms with Crippen molar-refractivity contribution < 1.29 is 178 Å². The minimum atomic E-state index is -0.112. The topological polar surface area (TPSA) is 79.1 Å². The Morgan fingerprint density at radius 3 is 1.83 bits per heavy atom. The first-order valence-corrected chi connectivity index (χ1v) is 6.69. The molecule has 141 valence electrons. The Hall–Kier alpha value is 2.44. The van der Waals surface area contributed by atoms with Gasteiger partial charge in [-0.2, -0.15) is 15.8 Å². The second-order valence-electron chi connectivity index (χ2n) is 4.72. The normalized spacial score (nSPS) is 7.79. The summed E-state index contributed by atoms with van der Waals surface area (Å²) in [5.74, 6) is -0.112. The number of phenols is 1. The molecule has 0 aliphatic rings. The van der Waals surface area contributed by atoms with E-state index in [1.54, 1.807) is 25.6 Å².